The van der Waals surface area contributed by atoms with Crippen LogP contribution in [0.3, 0.4) is 0 Å². The molecule has 2 rings (SSSR count). The molecule has 0 aliphatic heterocycles. The number of allylic oxidation sites excluding steroid dienone is 1. The number of fused-ring (bicyclic) bond motifs is 1. The minimum absolute atomic E-state index is 0.802. The van der Waals surface area contributed by atoms with Crippen molar-refractivity contribution in [3.05, 3.63) is 12.7 Å². The molecular formula is C13H23N. The molecule has 0 heterocycles. The molecule has 1 heteroatoms. The highest BCUT2D eigenvalue weighted by Gasteiger charge is 2.34. The average Bonchev–Trinajstić information content (AvgIpc) is 2.27. The summed E-state index contributed by atoms with van der Waals surface area (Å²) >= 11 is 0. The molecule has 0 bridgehead atoms. The number of hydrogen-bond donors (Lipinski definition) is 1. The van der Waals surface area contributed by atoms with Gasteiger partial charge in [-0.3, -0.25) is 0 Å². The van der Waals surface area contributed by atoms with Gasteiger partial charge in [0.15, 0.2) is 0 Å². The molecule has 0 amide bonds. The number of rotatable bonds is 2. The van der Waals surface area contributed by atoms with Crippen molar-refractivity contribution in [1.29, 1.82) is 0 Å². The van der Waals surface area contributed by atoms with Gasteiger partial charge in [-0.2, -0.15) is 0 Å². The van der Waals surface area contributed by atoms with Gasteiger partial charge in [0.1, 0.15) is 0 Å². The predicted molar refractivity (Wildman–Crippen MR) is 61.2 cm³/mol. The van der Waals surface area contributed by atoms with E-state index in [1.165, 1.54) is 38.5 Å². The molecule has 1 nitrogen and oxygen atoms in total. The topological polar surface area (TPSA) is 12.0 Å². The summed E-state index contributed by atoms with van der Waals surface area (Å²) in [7, 11) is 2.11. The van der Waals surface area contributed by atoms with E-state index < -0.39 is 0 Å². The second-order valence-corrected chi connectivity index (χ2v) is 5.13. The smallest absolute Gasteiger partial charge is 0.00669 e. The molecule has 0 radical (unpaired) electrons. The lowest BCUT2D eigenvalue weighted by Gasteiger charge is -2.41. The molecule has 2 aliphatic carbocycles. The fourth-order valence-electron chi connectivity index (χ4n) is 3.40. The molecular weight excluding hydrogens is 170 g/mol. The molecule has 14 heavy (non-hydrogen) atoms. The van der Waals surface area contributed by atoms with E-state index in [9.17, 15) is 0 Å². The van der Waals surface area contributed by atoms with Gasteiger partial charge >= 0.3 is 0 Å². The molecule has 0 aromatic rings. The summed E-state index contributed by atoms with van der Waals surface area (Å²) < 4.78 is 0. The van der Waals surface area contributed by atoms with Crippen molar-refractivity contribution < 1.29 is 0 Å². The van der Waals surface area contributed by atoms with Crippen molar-refractivity contribution in [2.24, 2.45) is 17.8 Å². The maximum atomic E-state index is 3.94. The highest BCUT2D eigenvalue weighted by atomic mass is 14.9. The van der Waals surface area contributed by atoms with Crippen molar-refractivity contribution in [3.63, 3.8) is 0 Å². The van der Waals surface area contributed by atoms with Crippen LogP contribution in [0.2, 0.25) is 0 Å². The summed E-state index contributed by atoms with van der Waals surface area (Å²) in [6, 6.07) is 0.802. The number of hydrogen-bond acceptors (Lipinski definition) is 1. The Balaban J connectivity index is 1.91. The molecule has 2 aliphatic rings. The molecule has 80 valence electrons. The van der Waals surface area contributed by atoms with Gasteiger partial charge in [0, 0.05) is 6.04 Å². The van der Waals surface area contributed by atoms with Crippen molar-refractivity contribution in [3.8, 4) is 0 Å². The van der Waals surface area contributed by atoms with E-state index in [1.807, 2.05) is 0 Å². The van der Waals surface area contributed by atoms with Crippen LogP contribution >= 0.6 is 0 Å². The summed E-state index contributed by atoms with van der Waals surface area (Å²) in [5.41, 5.74) is 0. The van der Waals surface area contributed by atoms with Gasteiger partial charge in [0.25, 0.3) is 0 Å². The van der Waals surface area contributed by atoms with E-state index in [4.69, 9.17) is 0 Å². The van der Waals surface area contributed by atoms with Crippen molar-refractivity contribution >= 4 is 0 Å². The second kappa shape index (κ2) is 4.48. The predicted octanol–water partition coefficient (Wildman–Crippen LogP) is 2.98. The Hall–Kier alpha value is -0.300. The summed E-state index contributed by atoms with van der Waals surface area (Å²) in [6.07, 6.45) is 10.7. The average molecular weight is 193 g/mol. The monoisotopic (exact) mass is 193 g/mol. The summed E-state index contributed by atoms with van der Waals surface area (Å²) in [5.74, 6) is 2.84. The third kappa shape index (κ3) is 2.03. The molecule has 0 saturated heterocycles. The molecule has 1 N–H and O–H groups in total. The lowest BCUT2D eigenvalue weighted by atomic mass is 9.66. The van der Waals surface area contributed by atoms with Gasteiger partial charge in [-0.1, -0.05) is 6.08 Å². The molecule has 0 spiro atoms. The van der Waals surface area contributed by atoms with Crippen LogP contribution in [0, 0.1) is 17.8 Å². The van der Waals surface area contributed by atoms with Crippen LogP contribution in [0.25, 0.3) is 0 Å². The second-order valence-electron chi connectivity index (χ2n) is 5.13. The van der Waals surface area contributed by atoms with Crippen LogP contribution < -0.4 is 5.32 Å². The first kappa shape index (κ1) is 10.2. The Kier molecular flexibility index (Phi) is 3.27. The standard InChI is InChI=1S/C13H23N/c1-3-10-4-5-12-9-13(14-2)7-6-11(12)8-10/h3,10-14H,1,4-9H2,2H3. The Labute approximate surface area is 88.0 Å². The Morgan fingerprint density at radius 1 is 1.07 bits per heavy atom. The van der Waals surface area contributed by atoms with E-state index in [0.717, 1.165) is 23.8 Å². The van der Waals surface area contributed by atoms with Crippen molar-refractivity contribution in [1.82, 2.24) is 5.32 Å². The van der Waals surface area contributed by atoms with E-state index in [2.05, 4.69) is 25.0 Å². The van der Waals surface area contributed by atoms with Crippen molar-refractivity contribution in [2.45, 2.75) is 44.6 Å². The van der Waals surface area contributed by atoms with Gasteiger partial charge in [-0.05, 0) is 63.3 Å². The molecule has 4 unspecified atom stereocenters. The van der Waals surface area contributed by atoms with Crippen LogP contribution in [0.1, 0.15) is 38.5 Å². The van der Waals surface area contributed by atoms with Crippen LogP contribution in [-0.2, 0) is 0 Å². The van der Waals surface area contributed by atoms with E-state index in [-0.39, 0.29) is 0 Å². The first-order valence-corrected chi connectivity index (χ1v) is 6.13. The number of nitrogens with one attached hydrogen (secondary N) is 1. The Morgan fingerprint density at radius 3 is 2.50 bits per heavy atom. The summed E-state index contributed by atoms with van der Waals surface area (Å²) in [6.45, 7) is 3.94. The zero-order valence-corrected chi connectivity index (χ0v) is 9.34. The lowest BCUT2D eigenvalue weighted by Crippen LogP contribution is -2.38. The molecule has 2 fully saturated rings. The first-order chi connectivity index (χ1) is 6.83. The SMILES string of the molecule is C=CC1CCC2CC(NC)CCC2C1. The van der Waals surface area contributed by atoms with Gasteiger partial charge in [0.2, 0.25) is 0 Å². The lowest BCUT2D eigenvalue weighted by molar-refractivity contribution is 0.126. The largest absolute Gasteiger partial charge is 0.317 e. The molecule has 2 saturated carbocycles. The van der Waals surface area contributed by atoms with Crippen LogP contribution in [0.5, 0.6) is 0 Å². The molecule has 0 aromatic heterocycles. The third-order valence-electron chi connectivity index (χ3n) is 4.40. The highest BCUT2D eigenvalue weighted by molar-refractivity contribution is 4.92. The molecule has 4 atom stereocenters. The van der Waals surface area contributed by atoms with Gasteiger partial charge in [-0.15, -0.1) is 6.58 Å². The zero-order chi connectivity index (χ0) is 9.97. The van der Waals surface area contributed by atoms with E-state index >= 15 is 0 Å². The minimum Gasteiger partial charge on any atom is -0.317 e. The van der Waals surface area contributed by atoms with E-state index in [1.54, 1.807) is 0 Å². The highest BCUT2D eigenvalue weighted by Crippen LogP contribution is 2.42. The van der Waals surface area contributed by atoms with Crippen LogP contribution in [0.15, 0.2) is 12.7 Å². The Bertz CT molecular complexity index is 199. The molecule has 0 aromatic carbocycles. The fraction of sp³-hybridized carbons (Fsp3) is 0.846. The van der Waals surface area contributed by atoms with E-state index in [0.29, 0.717) is 0 Å². The van der Waals surface area contributed by atoms with Gasteiger partial charge < -0.3 is 5.32 Å². The third-order valence-corrected chi connectivity index (χ3v) is 4.40. The van der Waals surface area contributed by atoms with Crippen LogP contribution in [-0.4, -0.2) is 13.1 Å². The summed E-state index contributed by atoms with van der Waals surface area (Å²) in [4.78, 5) is 0. The van der Waals surface area contributed by atoms with Gasteiger partial charge in [0.05, 0.1) is 0 Å². The quantitative estimate of drug-likeness (QED) is 0.665. The first-order valence-electron chi connectivity index (χ1n) is 6.13. The van der Waals surface area contributed by atoms with Gasteiger partial charge in [-0.25, -0.2) is 0 Å². The van der Waals surface area contributed by atoms with Crippen molar-refractivity contribution in [2.75, 3.05) is 7.05 Å². The minimum atomic E-state index is 0.802. The normalized spacial score (nSPS) is 42.9. The summed E-state index contributed by atoms with van der Waals surface area (Å²) in [5, 5.41) is 3.44. The fourth-order valence-corrected chi connectivity index (χ4v) is 3.40. The maximum absolute atomic E-state index is 3.94. The zero-order valence-electron chi connectivity index (χ0n) is 9.34. The maximum Gasteiger partial charge on any atom is 0.00669 e. The Morgan fingerprint density at radius 2 is 1.79 bits per heavy atom. The van der Waals surface area contributed by atoms with Crippen LogP contribution in [0.4, 0.5) is 0 Å².